The van der Waals surface area contributed by atoms with Crippen LogP contribution in [0.4, 0.5) is 11.8 Å². The van der Waals surface area contributed by atoms with E-state index in [0.717, 1.165) is 32.1 Å². The number of anilines is 2. The minimum atomic E-state index is -0.256. The van der Waals surface area contributed by atoms with Gasteiger partial charge in [-0.2, -0.15) is 10.2 Å². The molecule has 2 atom stereocenters. The van der Waals surface area contributed by atoms with Crippen LogP contribution in [-0.4, -0.2) is 33.3 Å². The summed E-state index contributed by atoms with van der Waals surface area (Å²) in [5.74, 6) is 1.18. The monoisotopic (exact) mass is 315 g/mol. The minimum absolute atomic E-state index is 0.170. The first-order valence-corrected chi connectivity index (χ1v) is 8.73. The largest absolute Gasteiger partial charge is 0.393 e. The third-order valence-electron chi connectivity index (χ3n) is 4.83. The maximum absolute atomic E-state index is 9.80. The highest BCUT2D eigenvalue weighted by atomic mass is 16.3. The van der Waals surface area contributed by atoms with E-state index < -0.39 is 0 Å². The van der Waals surface area contributed by atoms with Crippen LogP contribution in [0.1, 0.15) is 63.4 Å². The van der Waals surface area contributed by atoms with Gasteiger partial charge in [0.15, 0.2) is 0 Å². The third-order valence-corrected chi connectivity index (χ3v) is 4.83. The highest BCUT2D eigenvalue weighted by Crippen LogP contribution is 2.24. The van der Waals surface area contributed by atoms with Crippen LogP contribution in [0.3, 0.4) is 0 Å². The normalized spacial score (nSPS) is 25.6. The molecule has 0 unspecified atom stereocenters. The molecule has 2 fully saturated rings. The first kappa shape index (κ1) is 16.0. The third kappa shape index (κ3) is 4.32. The molecule has 0 aliphatic heterocycles. The van der Waals surface area contributed by atoms with Crippen molar-refractivity contribution in [2.75, 3.05) is 10.6 Å². The molecule has 0 amide bonds. The van der Waals surface area contributed by atoms with Crippen molar-refractivity contribution in [3.05, 3.63) is 11.8 Å². The van der Waals surface area contributed by atoms with Crippen LogP contribution in [0.25, 0.3) is 0 Å². The molecule has 6 heteroatoms. The molecule has 0 saturated heterocycles. The van der Waals surface area contributed by atoms with Crippen molar-refractivity contribution in [1.29, 1.82) is 5.26 Å². The van der Waals surface area contributed by atoms with E-state index in [9.17, 15) is 10.4 Å². The van der Waals surface area contributed by atoms with Gasteiger partial charge in [0.05, 0.1) is 12.3 Å². The maximum Gasteiger partial charge on any atom is 0.224 e. The lowest BCUT2D eigenvalue weighted by Gasteiger charge is -2.27. The topological polar surface area (TPSA) is 93.9 Å². The molecule has 1 aromatic heterocycles. The molecule has 1 heterocycles. The summed E-state index contributed by atoms with van der Waals surface area (Å²) in [5, 5.41) is 25.8. The van der Waals surface area contributed by atoms with Crippen molar-refractivity contribution in [3.8, 4) is 6.07 Å². The molecule has 0 bridgehead atoms. The number of aromatic nitrogens is 2. The number of aliphatic hydroxyl groups is 1. The van der Waals surface area contributed by atoms with E-state index in [4.69, 9.17) is 0 Å². The fourth-order valence-electron chi connectivity index (χ4n) is 3.56. The summed E-state index contributed by atoms with van der Waals surface area (Å²) in [6.45, 7) is 0. The van der Waals surface area contributed by atoms with E-state index >= 15 is 0 Å². The predicted molar refractivity (Wildman–Crippen MR) is 89.1 cm³/mol. The first-order valence-electron chi connectivity index (χ1n) is 8.73. The molecule has 6 nitrogen and oxygen atoms in total. The van der Waals surface area contributed by atoms with E-state index in [1.807, 2.05) is 0 Å². The Labute approximate surface area is 137 Å². The summed E-state index contributed by atoms with van der Waals surface area (Å²) in [4.78, 5) is 8.80. The quantitative estimate of drug-likeness (QED) is 0.791. The van der Waals surface area contributed by atoms with Crippen LogP contribution >= 0.6 is 0 Å². The molecular formula is C17H25N5O. The number of nitrogens with one attached hydrogen (secondary N) is 2. The van der Waals surface area contributed by atoms with Gasteiger partial charge < -0.3 is 15.7 Å². The van der Waals surface area contributed by atoms with Crippen LogP contribution < -0.4 is 10.6 Å². The second-order valence-electron chi connectivity index (χ2n) is 6.71. The van der Waals surface area contributed by atoms with Gasteiger partial charge in [0.1, 0.15) is 17.5 Å². The molecule has 2 saturated carbocycles. The van der Waals surface area contributed by atoms with E-state index in [2.05, 4.69) is 26.7 Å². The predicted octanol–water partition coefficient (Wildman–Crippen LogP) is 2.81. The summed E-state index contributed by atoms with van der Waals surface area (Å²) in [5.41, 5.74) is 0.458. The van der Waals surface area contributed by atoms with Gasteiger partial charge in [0.25, 0.3) is 0 Å². The van der Waals surface area contributed by atoms with Gasteiger partial charge in [0.2, 0.25) is 5.95 Å². The Balaban J connectivity index is 1.69. The van der Waals surface area contributed by atoms with E-state index in [1.54, 1.807) is 6.20 Å². The second-order valence-corrected chi connectivity index (χ2v) is 6.71. The lowest BCUT2D eigenvalue weighted by Crippen LogP contribution is -2.31. The van der Waals surface area contributed by atoms with Gasteiger partial charge in [-0.05, 0) is 38.5 Å². The lowest BCUT2D eigenvalue weighted by molar-refractivity contribution is 0.124. The number of nitrogens with zero attached hydrogens (tertiary/aromatic N) is 3. The SMILES string of the molecule is N#Cc1cnc(NC2CCCCC2)nc1N[C@@H]1CCC[C@H](O)C1. The zero-order valence-corrected chi connectivity index (χ0v) is 13.5. The number of hydrogen-bond acceptors (Lipinski definition) is 6. The molecule has 0 radical (unpaired) electrons. The second kappa shape index (κ2) is 7.60. The van der Waals surface area contributed by atoms with Gasteiger partial charge in [0, 0.05) is 12.1 Å². The number of nitriles is 1. The van der Waals surface area contributed by atoms with Crippen molar-refractivity contribution in [2.45, 2.75) is 76.0 Å². The summed E-state index contributed by atoms with van der Waals surface area (Å²) >= 11 is 0. The van der Waals surface area contributed by atoms with E-state index in [0.29, 0.717) is 29.8 Å². The minimum Gasteiger partial charge on any atom is -0.393 e. The van der Waals surface area contributed by atoms with Crippen molar-refractivity contribution in [1.82, 2.24) is 9.97 Å². The summed E-state index contributed by atoms with van der Waals surface area (Å²) < 4.78 is 0. The smallest absolute Gasteiger partial charge is 0.224 e. The van der Waals surface area contributed by atoms with Crippen molar-refractivity contribution in [3.63, 3.8) is 0 Å². The molecule has 2 aliphatic carbocycles. The molecule has 0 spiro atoms. The Morgan fingerprint density at radius 1 is 1.04 bits per heavy atom. The first-order chi connectivity index (χ1) is 11.2. The zero-order chi connectivity index (χ0) is 16.1. The van der Waals surface area contributed by atoms with Gasteiger partial charge in [-0.25, -0.2) is 4.98 Å². The Morgan fingerprint density at radius 2 is 1.83 bits per heavy atom. The summed E-state index contributed by atoms with van der Waals surface area (Å²) in [6.07, 6.45) is 11.0. The van der Waals surface area contributed by atoms with Crippen molar-refractivity contribution < 1.29 is 5.11 Å². The standard InChI is InChI=1S/C17H25N5O/c18-10-12-11-19-17(21-13-5-2-1-3-6-13)22-16(12)20-14-7-4-8-15(23)9-14/h11,13-15,23H,1-9H2,(H2,19,20,21,22)/t14-,15+/m1/s1. The van der Waals surface area contributed by atoms with Crippen LogP contribution in [0, 0.1) is 11.3 Å². The fourth-order valence-corrected chi connectivity index (χ4v) is 3.56. The molecule has 124 valence electrons. The molecule has 2 aliphatic rings. The van der Waals surface area contributed by atoms with Gasteiger partial charge >= 0.3 is 0 Å². The van der Waals surface area contributed by atoms with Crippen molar-refractivity contribution >= 4 is 11.8 Å². The highest BCUT2D eigenvalue weighted by molar-refractivity contribution is 5.54. The average Bonchev–Trinajstić information content (AvgIpc) is 2.56. The molecule has 23 heavy (non-hydrogen) atoms. The Hall–Kier alpha value is -1.87. The number of rotatable bonds is 4. The molecular weight excluding hydrogens is 290 g/mol. The van der Waals surface area contributed by atoms with E-state index in [1.165, 1.54) is 19.3 Å². The Morgan fingerprint density at radius 3 is 2.57 bits per heavy atom. The Bertz CT molecular complexity index is 565. The number of aliphatic hydroxyl groups excluding tert-OH is 1. The lowest BCUT2D eigenvalue weighted by atomic mass is 9.93. The maximum atomic E-state index is 9.80. The molecule has 3 N–H and O–H groups in total. The fraction of sp³-hybridized carbons (Fsp3) is 0.706. The van der Waals surface area contributed by atoms with Gasteiger partial charge in [-0.3, -0.25) is 0 Å². The number of hydrogen-bond donors (Lipinski definition) is 3. The molecule has 1 aromatic rings. The van der Waals surface area contributed by atoms with Gasteiger partial charge in [-0.1, -0.05) is 19.3 Å². The zero-order valence-electron chi connectivity index (χ0n) is 13.5. The molecule has 3 rings (SSSR count). The van der Waals surface area contributed by atoms with Crippen LogP contribution in [0.15, 0.2) is 6.20 Å². The van der Waals surface area contributed by atoms with Crippen LogP contribution in [0.5, 0.6) is 0 Å². The van der Waals surface area contributed by atoms with Crippen molar-refractivity contribution in [2.24, 2.45) is 0 Å². The highest BCUT2D eigenvalue weighted by Gasteiger charge is 2.22. The van der Waals surface area contributed by atoms with E-state index in [-0.39, 0.29) is 12.1 Å². The molecule has 0 aromatic carbocycles. The average molecular weight is 315 g/mol. The van der Waals surface area contributed by atoms with Crippen LogP contribution in [-0.2, 0) is 0 Å². The summed E-state index contributed by atoms with van der Waals surface area (Å²) in [6, 6.07) is 2.75. The van der Waals surface area contributed by atoms with Gasteiger partial charge in [-0.15, -0.1) is 0 Å². The van der Waals surface area contributed by atoms with Crippen LogP contribution in [0.2, 0.25) is 0 Å². The Kier molecular flexibility index (Phi) is 5.29. The summed E-state index contributed by atoms with van der Waals surface area (Å²) in [7, 11) is 0.